The number of aliphatic hydroxyl groups is 1. The molecule has 1 aliphatic rings. The fraction of sp³-hybridized carbons (Fsp3) is 0.667. The second kappa shape index (κ2) is 6.72. The van der Waals surface area contributed by atoms with Crippen molar-refractivity contribution in [3.8, 4) is 0 Å². The van der Waals surface area contributed by atoms with Gasteiger partial charge in [0.2, 0.25) is 0 Å². The number of nitrogens with zero attached hydrogens (tertiary/aromatic N) is 3. The van der Waals surface area contributed by atoms with Crippen LogP contribution in [0.2, 0.25) is 0 Å². The van der Waals surface area contributed by atoms with Crippen molar-refractivity contribution >= 4 is 15.9 Å². The number of hydrogen-bond acceptors (Lipinski definition) is 6. The first-order valence-electron chi connectivity index (χ1n) is 7.65. The zero-order valence-electron chi connectivity index (χ0n) is 13.8. The summed E-state index contributed by atoms with van der Waals surface area (Å²) < 4.78 is 30.4. The molecule has 23 heavy (non-hydrogen) atoms. The second-order valence-electron chi connectivity index (χ2n) is 6.86. The summed E-state index contributed by atoms with van der Waals surface area (Å²) in [6.07, 6.45) is 0.186. The van der Waals surface area contributed by atoms with Gasteiger partial charge in [0, 0.05) is 43.5 Å². The van der Waals surface area contributed by atoms with E-state index in [1.54, 1.807) is 12.1 Å². The normalized spacial score (nSPS) is 18.9. The summed E-state index contributed by atoms with van der Waals surface area (Å²) >= 11 is 0. The SMILES string of the molecule is CC(C)(C)N1CCN(c2ccc(C(O)CS(=O)(=O)O)cn2)CC1. The van der Waals surface area contributed by atoms with E-state index < -0.39 is 22.0 Å². The maximum Gasteiger partial charge on any atom is 0.267 e. The summed E-state index contributed by atoms with van der Waals surface area (Å²) in [4.78, 5) is 8.90. The topological polar surface area (TPSA) is 94.0 Å². The molecule has 1 unspecified atom stereocenters. The third kappa shape index (κ3) is 5.13. The summed E-state index contributed by atoms with van der Waals surface area (Å²) in [5.41, 5.74) is 0.531. The standard InChI is InChI=1S/C15H25N3O4S/c1-15(2,3)18-8-6-17(7-9-18)14-5-4-12(10-16-14)13(19)11-23(20,21)22/h4-5,10,13,19H,6-9,11H2,1-3H3,(H,20,21,22). The van der Waals surface area contributed by atoms with Crippen molar-refractivity contribution in [3.63, 3.8) is 0 Å². The van der Waals surface area contributed by atoms with Crippen molar-refractivity contribution in [2.24, 2.45) is 0 Å². The van der Waals surface area contributed by atoms with Gasteiger partial charge < -0.3 is 10.0 Å². The molecular formula is C15H25N3O4S. The average molecular weight is 343 g/mol. The first-order chi connectivity index (χ1) is 10.6. The van der Waals surface area contributed by atoms with E-state index in [1.807, 2.05) is 0 Å². The second-order valence-corrected chi connectivity index (χ2v) is 8.36. The molecule has 1 aliphatic heterocycles. The molecule has 130 valence electrons. The molecule has 2 N–H and O–H groups in total. The third-order valence-corrected chi connectivity index (χ3v) is 4.81. The van der Waals surface area contributed by atoms with Crippen molar-refractivity contribution in [2.75, 3.05) is 36.8 Å². The molecule has 0 bridgehead atoms. The van der Waals surface area contributed by atoms with Crippen LogP contribution in [0.15, 0.2) is 18.3 Å². The van der Waals surface area contributed by atoms with Gasteiger partial charge in [-0.3, -0.25) is 9.45 Å². The molecular weight excluding hydrogens is 318 g/mol. The van der Waals surface area contributed by atoms with Crippen LogP contribution in [0.4, 0.5) is 5.82 Å². The lowest BCUT2D eigenvalue weighted by Gasteiger charge is -2.42. The van der Waals surface area contributed by atoms with E-state index in [0.717, 1.165) is 32.0 Å². The van der Waals surface area contributed by atoms with Crippen LogP contribution in [0, 0.1) is 0 Å². The Morgan fingerprint density at radius 3 is 2.26 bits per heavy atom. The summed E-state index contributed by atoms with van der Waals surface area (Å²) in [6.45, 7) is 10.3. The number of rotatable bonds is 4. The van der Waals surface area contributed by atoms with E-state index >= 15 is 0 Å². The molecule has 1 aromatic rings. The lowest BCUT2D eigenvalue weighted by Crippen LogP contribution is -2.53. The highest BCUT2D eigenvalue weighted by molar-refractivity contribution is 7.85. The molecule has 1 saturated heterocycles. The Kier molecular flexibility index (Phi) is 5.30. The zero-order valence-corrected chi connectivity index (χ0v) is 14.6. The summed E-state index contributed by atoms with van der Waals surface area (Å²) in [6, 6.07) is 3.42. The van der Waals surface area contributed by atoms with Crippen molar-refractivity contribution in [1.29, 1.82) is 0 Å². The van der Waals surface area contributed by atoms with Gasteiger partial charge in [0.05, 0.1) is 6.10 Å². The van der Waals surface area contributed by atoms with E-state index in [9.17, 15) is 13.5 Å². The van der Waals surface area contributed by atoms with Gasteiger partial charge in [0.1, 0.15) is 11.6 Å². The predicted octanol–water partition coefficient (Wildman–Crippen LogP) is 0.923. The Morgan fingerprint density at radius 2 is 1.83 bits per heavy atom. The molecule has 0 aromatic carbocycles. The van der Waals surface area contributed by atoms with Crippen molar-refractivity contribution in [3.05, 3.63) is 23.9 Å². The fourth-order valence-electron chi connectivity index (χ4n) is 2.68. The largest absolute Gasteiger partial charge is 0.387 e. The van der Waals surface area contributed by atoms with Gasteiger partial charge in [-0.25, -0.2) is 4.98 Å². The molecule has 1 atom stereocenters. The molecule has 0 spiro atoms. The monoisotopic (exact) mass is 343 g/mol. The molecule has 0 radical (unpaired) electrons. The van der Waals surface area contributed by atoms with E-state index in [1.165, 1.54) is 6.20 Å². The van der Waals surface area contributed by atoms with Crippen molar-refractivity contribution in [2.45, 2.75) is 32.4 Å². The van der Waals surface area contributed by atoms with Gasteiger partial charge in [-0.1, -0.05) is 6.07 Å². The molecule has 7 nitrogen and oxygen atoms in total. The molecule has 0 saturated carbocycles. The average Bonchev–Trinajstić information content (AvgIpc) is 2.45. The Labute approximate surface area is 137 Å². The van der Waals surface area contributed by atoms with Crippen LogP contribution in [-0.4, -0.2) is 65.4 Å². The quantitative estimate of drug-likeness (QED) is 0.785. The van der Waals surface area contributed by atoms with E-state index in [4.69, 9.17) is 4.55 Å². The number of piperazine rings is 1. The zero-order chi connectivity index (χ0) is 17.3. The van der Waals surface area contributed by atoms with E-state index in [-0.39, 0.29) is 5.54 Å². The summed E-state index contributed by atoms with van der Waals surface area (Å²) in [7, 11) is -4.22. The fourth-order valence-corrected chi connectivity index (χ4v) is 3.28. The van der Waals surface area contributed by atoms with Crippen LogP contribution in [-0.2, 0) is 10.1 Å². The van der Waals surface area contributed by atoms with Crippen LogP contribution < -0.4 is 4.90 Å². The molecule has 8 heteroatoms. The number of pyridine rings is 1. The first-order valence-corrected chi connectivity index (χ1v) is 9.26. The molecule has 0 aliphatic carbocycles. The highest BCUT2D eigenvalue weighted by Gasteiger charge is 2.26. The lowest BCUT2D eigenvalue weighted by molar-refractivity contribution is 0.128. The highest BCUT2D eigenvalue weighted by Crippen LogP contribution is 2.21. The maximum atomic E-state index is 10.8. The number of anilines is 1. The molecule has 0 amide bonds. The van der Waals surface area contributed by atoms with Gasteiger partial charge in [-0.15, -0.1) is 0 Å². The van der Waals surface area contributed by atoms with Crippen LogP contribution in [0.5, 0.6) is 0 Å². The van der Waals surface area contributed by atoms with E-state index in [0.29, 0.717) is 5.56 Å². The van der Waals surface area contributed by atoms with Gasteiger partial charge >= 0.3 is 0 Å². The minimum Gasteiger partial charge on any atom is -0.387 e. The Balaban J connectivity index is 1.98. The molecule has 2 rings (SSSR count). The van der Waals surface area contributed by atoms with Gasteiger partial charge in [-0.2, -0.15) is 8.42 Å². The predicted molar refractivity (Wildman–Crippen MR) is 89.2 cm³/mol. The van der Waals surface area contributed by atoms with Crippen molar-refractivity contribution < 1.29 is 18.1 Å². The lowest BCUT2D eigenvalue weighted by atomic mass is 10.0. The third-order valence-electron chi connectivity index (χ3n) is 4.08. The highest BCUT2D eigenvalue weighted by atomic mass is 32.2. The summed E-state index contributed by atoms with van der Waals surface area (Å²) in [5.74, 6) is 0.0829. The van der Waals surface area contributed by atoms with Gasteiger partial charge in [0.25, 0.3) is 10.1 Å². The minimum atomic E-state index is -4.22. The first kappa shape index (κ1) is 18.1. The Morgan fingerprint density at radius 1 is 1.22 bits per heavy atom. The maximum absolute atomic E-state index is 10.8. The minimum absolute atomic E-state index is 0.156. The Bertz CT molecular complexity index is 617. The molecule has 2 heterocycles. The van der Waals surface area contributed by atoms with E-state index in [2.05, 4.69) is 35.6 Å². The smallest absolute Gasteiger partial charge is 0.267 e. The molecule has 1 fully saturated rings. The van der Waals surface area contributed by atoms with Crippen LogP contribution in [0.1, 0.15) is 32.4 Å². The van der Waals surface area contributed by atoms with Crippen LogP contribution >= 0.6 is 0 Å². The number of aromatic nitrogens is 1. The van der Waals surface area contributed by atoms with Gasteiger partial charge in [0.15, 0.2) is 0 Å². The molecule has 1 aromatic heterocycles. The Hall–Kier alpha value is -1.22. The van der Waals surface area contributed by atoms with Crippen molar-refractivity contribution in [1.82, 2.24) is 9.88 Å². The summed E-state index contributed by atoms with van der Waals surface area (Å²) in [5, 5.41) is 9.78. The number of aliphatic hydroxyl groups excluding tert-OH is 1. The number of hydrogen-bond donors (Lipinski definition) is 2. The van der Waals surface area contributed by atoms with Crippen LogP contribution in [0.3, 0.4) is 0 Å². The van der Waals surface area contributed by atoms with Gasteiger partial charge in [-0.05, 0) is 26.8 Å². The van der Waals surface area contributed by atoms with Crippen LogP contribution in [0.25, 0.3) is 0 Å².